The fourth-order valence-electron chi connectivity index (χ4n) is 4.45. The molecule has 8 heteroatoms. The molecule has 5 rings (SSSR count). The lowest BCUT2D eigenvalue weighted by Crippen LogP contribution is -2.09. The molecule has 0 aliphatic rings. The Morgan fingerprint density at radius 1 is 1.00 bits per heavy atom. The normalized spacial score (nSPS) is 11.4. The van der Waals surface area contributed by atoms with Gasteiger partial charge in [0.2, 0.25) is 0 Å². The van der Waals surface area contributed by atoms with E-state index < -0.39 is 0 Å². The van der Waals surface area contributed by atoms with Crippen molar-refractivity contribution in [2.75, 3.05) is 12.3 Å². The average Bonchev–Trinajstić information content (AvgIpc) is 3.27. The van der Waals surface area contributed by atoms with Crippen LogP contribution >= 0.6 is 0 Å². The molecule has 0 radical (unpaired) electrons. The monoisotopic (exact) mass is 495 g/mol. The number of hydrogen-bond donors (Lipinski definition) is 1. The first kappa shape index (κ1) is 24.2. The van der Waals surface area contributed by atoms with Gasteiger partial charge in [-0.2, -0.15) is 5.10 Å². The van der Waals surface area contributed by atoms with Gasteiger partial charge in [0.15, 0.2) is 0 Å². The van der Waals surface area contributed by atoms with Crippen molar-refractivity contribution in [3.8, 4) is 16.9 Å². The molecular weight excluding hydrogens is 466 g/mol. The molecule has 0 amide bonds. The van der Waals surface area contributed by atoms with Crippen LogP contribution in [-0.2, 0) is 22.6 Å². The molecule has 0 aliphatic carbocycles. The Balaban J connectivity index is 1.50. The molecule has 0 aliphatic heterocycles. The molecule has 0 bridgehead atoms. The number of ether oxygens (including phenoxy) is 2. The Kier molecular flexibility index (Phi) is 6.72. The lowest BCUT2D eigenvalue weighted by atomic mass is 10.0. The number of fused-ring (bicyclic) bond motifs is 2. The predicted octanol–water partition coefficient (Wildman–Crippen LogP) is 5.49. The van der Waals surface area contributed by atoms with Crippen molar-refractivity contribution in [1.82, 2.24) is 19.7 Å². The van der Waals surface area contributed by atoms with Crippen molar-refractivity contribution in [2.45, 2.75) is 39.8 Å². The Morgan fingerprint density at radius 2 is 1.76 bits per heavy atom. The highest BCUT2D eigenvalue weighted by Gasteiger charge is 2.16. The van der Waals surface area contributed by atoms with Crippen LogP contribution in [0.3, 0.4) is 0 Å². The molecule has 5 aromatic rings. The Hall–Kier alpha value is -4.46. The first-order valence-electron chi connectivity index (χ1n) is 12.3. The third-order valence-electron chi connectivity index (χ3n) is 6.25. The second kappa shape index (κ2) is 10.3. The van der Waals surface area contributed by atoms with E-state index in [9.17, 15) is 4.79 Å². The summed E-state index contributed by atoms with van der Waals surface area (Å²) >= 11 is 0. The minimum Gasteiger partial charge on any atom is -0.487 e. The summed E-state index contributed by atoms with van der Waals surface area (Å²) in [6.45, 7) is 6.61. The smallest absolute Gasteiger partial charge is 0.310 e. The van der Waals surface area contributed by atoms with E-state index in [1.54, 1.807) is 6.92 Å². The summed E-state index contributed by atoms with van der Waals surface area (Å²) in [5.74, 6) is 0.819. The SMILES string of the molecule is CCOC(=O)Cc1ccccc1OCc1nn(C(C)C)c2ccc(-c3ccc4ncnc(N)c4c3)cc12. The van der Waals surface area contributed by atoms with Crippen LogP contribution in [0.15, 0.2) is 67.0 Å². The van der Waals surface area contributed by atoms with Gasteiger partial charge in [0.25, 0.3) is 0 Å². The van der Waals surface area contributed by atoms with Crippen molar-refractivity contribution in [2.24, 2.45) is 0 Å². The predicted molar refractivity (Wildman–Crippen MR) is 144 cm³/mol. The molecule has 2 N–H and O–H groups in total. The van der Waals surface area contributed by atoms with E-state index in [2.05, 4.69) is 42.0 Å². The maximum atomic E-state index is 12.1. The van der Waals surface area contributed by atoms with Gasteiger partial charge < -0.3 is 15.2 Å². The van der Waals surface area contributed by atoms with Crippen molar-refractivity contribution in [3.63, 3.8) is 0 Å². The molecule has 0 spiro atoms. The molecule has 37 heavy (non-hydrogen) atoms. The van der Waals surface area contributed by atoms with E-state index >= 15 is 0 Å². The highest BCUT2D eigenvalue weighted by atomic mass is 16.5. The van der Waals surface area contributed by atoms with Gasteiger partial charge in [-0.1, -0.05) is 30.3 Å². The van der Waals surface area contributed by atoms with Crippen LogP contribution in [0.2, 0.25) is 0 Å². The van der Waals surface area contributed by atoms with Gasteiger partial charge in [-0.25, -0.2) is 9.97 Å². The van der Waals surface area contributed by atoms with E-state index in [0.717, 1.165) is 44.2 Å². The van der Waals surface area contributed by atoms with Gasteiger partial charge in [-0.05, 0) is 62.2 Å². The van der Waals surface area contributed by atoms with Crippen molar-refractivity contribution >= 4 is 33.6 Å². The third kappa shape index (κ3) is 4.95. The van der Waals surface area contributed by atoms with Crippen LogP contribution in [0.5, 0.6) is 5.75 Å². The molecule has 0 fully saturated rings. The van der Waals surface area contributed by atoms with E-state index in [1.165, 1.54) is 6.33 Å². The average molecular weight is 496 g/mol. The number of anilines is 1. The molecule has 0 saturated carbocycles. The van der Waals surface area contributed by atoms with Crippen LogP contribution in [0.25, 0.3) is 32.9 Å². The van der Waals surface area contributed by atoms with Crippen LogP contribution in [0.4, 0.5) is 5.82 Å². The maximum absolute atomic E-state index is 12.1. The number of nitrogens with two attached hydrogens (primary N) is 1. The van der Waals surface area contributed by atoms with Gasteiger partial charge in [0.1, 0.15) is 30.2 Å². The number of nitrogen functional groups attached to an aromatic ring is 1. The number of rotatable bonds is 8. The highest BCUT2D eigenvalue weighted by Crippen LogP contribution is 2.31. The molecule has 0 saturated heterocycles. The first-order valence-corrected chi connectivity index (χ1v) is 12.3. The van der Waals surface area contributed by atoms with Crippen LogP contribution in [-0.4, -0.2) is 32.3 Å². The lowest BCUT2D eigenvalue weighted by molar-refractivity contribution is -0.142. The van der Waals surface area contributed by atoms with E-state index in [1.807, 2.05) is 47.1 Å². The number of para-hydroxylation sites is 1. The summed E-state index contributed by atoms with van der Waals surface area (Å²) in [4.78, 5) is 20.5. The van der Waals surface area contributed by atoms with Gasteiger partial charge in [-0.15, -0.1) is 0 Å². The summed E-state index contributed by atoms with van der Waals surface area (Å²) in [6.07, 6.45) is 1.63. The van der Waals surface area contributed by atoms with Gasteiger partial charge in [-0.3, -0.25) is 9.48 Å². The van der Waals surface area contributed by atoms with E-state index in [-0.39, 0.29) is 25.0 Å². The summed E-state index contributed by atoms with van der Waals surface area (Å²) < 4.78 is 13.3. The zero-order valence-electron chi connectivity index (χ0n) is 21.1. The molecule has 2 heterocycles. The van der Waals surface area contributed by atoms with Crippen LogP contribution in [0.1, 0.15) is 38.1 Å². The molecule has 2 aromatic heterocycles. The van der Waals surface area contributed by atoms with Crippen molar-refractivity contribution in [1.29, 1.82) is 0 Å². The van der Waals surface area contributed by atoms with Crippen LogP contribution in [0, 0.1) is 0 Å². The lowest BCUT2D eigenvalue weighted by Gasteiger charge is -2.10. The topological polar surface area (TPSA) is 105 Å². The van der Waals surface area contributed by atoms with Gasteiger partial charge >= 0.3 is 5.97 Å². The van der Waals surface area contributed by atoms with E-state index in [4.69, 9.17) is 20.3 Å². The summed E-state index contributed by atoms with van der Waals surface area (Å²) in [6, 6.07) is 20.0. The fourth-order valence-corrected chi connectivity index (χ4v) is 4.45. The van der Waals surface area contributed by atoms with Gasteiger partial charge in [0.05, 0.1) is 24.1 Å². The minimum absolute atomic E-state index is 0.157. The molecule has 188 valence electrons. The van der Waals surface area contributed by atoms with Crippen molar-refractivity contribution < 1.29 is 14.3 Å². The molecular formula is C29H29N5O3. The van der Waals surface area contributed by atoms with Gasteiger partial charge in [0, 0.05) is 22.4 Å². The number of carbonyl (C=O) groups is 1. The number of hydrogen-bond acceptors (Lipinski definition) is 7. The zero-order valence-corrected chi connectivity index (χ0v) is 21.1. The molecule has 8 nitrogen and oxygen atoms in total. The van der Waals surface area contributed by atoms with Crippen molar-refractivity contribution in [3.05, 3.63) is 78.2 Å². The number of carbonyl (C=O) groups excluding carboxylic acids is 1. The highest BCUT2D eigenvalue weighted by molar-refractivity contribution is 5.93. The second-order valence-electron chi connectivity index (χ2n) is 9.09. The quantitative estimate of drug-likeness (QED) is 0.284. The molecule has 0 unspecified atom stereocenters. The summed E-state index contributed by atoms with van der Waals surface area (Å²) in [5.41, 5.74) is 11.6. The Labute approximate surface area is 215 Å². The standard InChI is InChI=1S/C29H29N5O3/c1-4-36-28(35)15-21-7-5-6-8-27(21)37-16-25-22-13-20(10-12-26(22)34(33-25)18(2)3)19-9-11-24-23(14-19)29(30)32-17-31-24/h5-14,17-18H,4,15-16H2,1-3H3,(H2,30,31,32). The number of benzene rings is 3. The Bertz CT molecular complexity index is 1590. The number of nitrogens with zero attached hydrogens (tertiary/aromatic N) is 4. The largest absolute Gasteiger partial charge is 0.487 e. The molecule has 0 atom stereocenters. The van der Waals surface area contributed by atoms with E-state index in [0.29, 0.717) is 18.2 Å². The zero-order chi connectivity index (χ0) is 25.9. The maximum Gasteiger partial charge on any atom is 0.310 e. The summed E-state index contributed by atoms with van der Waals surface area (Å²) in [5, 5.41) is 6.71. The Morgan fingerprint density at radius 3 is 2.54 bits per heavy atom. The first-order chi connectivity index (χ1) is 17.9. The minimum atomic E-state index is -0.279. The third-order valence-corrected chi connectivity index (χ3v) is 6.25. The second-order valence-corrected chi connectivity index (χ2v) is 9.09. The number of esters is 1. The van der Waals surface area contributed by atoms with Crippen LogP contribution < -0.4 is 10.5 Å². The fraction of sp³-hybridized carbons (Fsp3) is 0.241. The molecule has 3 aromatic carbocycles. The summed E-state index contributed by atoms with van der Waals surface area (Å²) in [7, 11) is 0. The number of aromatic nitrogens is 4.